The first kappa shape index (κ1) is 21.1. The smallest absolute Gasteiger partial charge is 0.204 e. The second-order valence-corrected chi connectivity index (χ2v) is 6.60. The number of anilines is 1. The van der Waals surface area contributed by atoms with Crippen LogP contribution in [-0.4, -0.2) is 14.1 Å². The van der Waals surface area contributed by atoms with Crippen LogP contribution >= 0.6 is 0 Å². The molecule has 6 nitrogen and oxygen atoms in total. The highest BCUT2D eigenvalue weighted by Crippen LogP contribution is 2.25. The summed E-state index contributed by atoms with van der Waals surface area (Å²) in [7, 11) is 1.30. The van der Waals surface area contributed by atoms with Gasteiger partial charge in [-0.15, -0.1) is 10.2 Å². The summed E-state index contributed by atoms with van der Waals surface area (Å²) in [6, 6.07) is 10.7. The molecule has 0 radical (unpaired) electrons. The van der Waals surface area contributed by atoms with Crippen LogP contribution in [0.3, 0.4) is 0 Å². The summed E-state index contributed by atoms with van der Waals surface area (Å²) in [4.78, 5) is 2.18. The summed E-state index contributed by atoms with van der Waals surface area (Å²) in [5.41, 5.74) is 6.38. The van der Waals surface area contributed by atoms with Gasteiger partial charge in [0.05, 0.1) is 0 Å². The number of hydrogen-bond acceptors (Lipinski definition) is 5. The normalized spacial score (nSPS) is 11.2. The SMILES string of the molecule is Cc1cc(/C=C/c2cccc[n+]2C)cc(C)c1N(C)C.[O-][Cl+3]([O-])([O-])[O-]. The van der Waals surface area contributed by atoms with Crippen molar-refractivity contribution in [2.24, 2.45) is 7.05 Å². The molecule has 0 unspecified atom stereocenters. The number of halogens is 1. The van der Waals surface area contributed by atoms with Gasteiger partial charge >= 0.3 is 0 Å². The molecule has 1 aromatic heterocycles. The molecule has 25 heavy (non-hydrogen) atoms. The topological polar surface area (TPSA) is 99.4 Å². The number of nitrogens with zero attached hydrogens (tertiary/aromatic N) is 2. The van der Waals surface area contributed by atoms with Gasteiger partial charge in [0.15, 0.2) is 6.20 Å². The number of aryl methyl sites for hydroxylation is 3. The first-order valence-corrected chi connectivity index (χ1v) is 8.75. The molecule has 0 N–H and O–H groups in total. The molecule has 1 heterocycles. The Hall–Kier alpha value is -1.96. The molecular formula is C18H23ClN2O4. The lowest BCUT2D eigenvalue weighted by Gasteiger charge is -2.19. The van der Waals surface area contributed by atoms with E-state index in [1.165, 1.54) is 28.1 Å². The summed E-state index contributed by atoms with van der Waals surface area (Å²) >= 11 is 0. The van der Waals surface area contributed by atoms with Crippen molar-refractivity contribution < 1.29 is 33.4 Å². The number of rotatable bonds is 3. The Morgan fingerprint density at radius 1 is 0.960 bits per heavy atom. The van der Waals surface area contributed by atoms with Crippen molar-refractivity contribution in [3.8, 4) is 0 Å². The predicted octanol–water partition coefficient (Wildman–Crippen LogP) is -1.39. The van der Waals surface area contributed by atoms with Gasteiger partial charge in [0.25, 0.3) is 0 Å². The average molecular weight is 367 g/mol. The largest absolute Gasteiger partial charge is 0.377 e. The molecule has 0 bridgehead atoms. The molecule has 0 fully saturated rings. The van der Waals surface area contributed by atoms with Crippen LogP contribution < -0.4 is 28.1 Å². The van der Waals surface area contributed by atoms with E-state index in [2.05, 4.69) is 87.1 Å². The predicted molar refractivity (Wildman–Crippen MR) is 86.8 cm³/mol. The van der Waals surface area contributed by atoms with Crippen molar-refractivity contribution in [3.63, 3.8) is 0 Å². The van der Waals surface area contributed by atoms with Crippen LogP contribution in [0.2, 0.25) is 0 Å². The molecule has 2 rings (SSSR count). The summed E-state index contributed by atoms with van der Waals surface area (Å²) in [6.07, 6.45) is 6.39. The van der Waals surface area contributed by atoms with Crippen LogP contribution in [0.15, 0.2) is 36.5 Å². The quantitative estimate of drug-likeness (QED) is 0.623. The maximum Gasteiger partial charge on any atom is 0.204 e. The van der Waals surface area contributed by atoms with Crippen molar-refractivity contribution in [3.05, 3.63) is 58.9 Å². The van der Waals surface area contributed by atoms with Crippen LogP contribution in [0.4, 0.5) is 5.69 Å². The van der Waals surface area contributed by atoms with Crippen molar-refractivity contribution in [1.29, 1.82) is 0 Å². The molecule has 7 heteroatoms. The van der Waals surface area contributed by atoms with Crippen LogP contribution in [0.1, 0.15) is 22.4 Å². The number of benzene rings is 1. The standard InChI is InChI=1S/C18H23N2.ClHO4/c1-14-12-16(13-15(2)18(14)19(3)4)9-10-17-8-6-7-11-20(17)5;2-1(3,4)5/h6-13H,1-5H3;(H,2,3,4,5)/q+1;/p-1. The highest BCUT2D eigenvalue weighted by Gasteiger charge is 2.06. The van der Waals surface area contributed by atoms with E-state index in [0.29, 0.717) is 0 Å². The van der Waals surface area contributed by atoms with Crippen molar-refractivity contribution in [2.75, 3.05) is 19.0 Å². The molecule has 0 aliphatic rings. The van der Waals surface area contributed by atoms with Crippen LogP contribution in [0.5, 0.6) is 0 Å². The van der Waals surface area contributed by atoms with Crippen LogP contribution in [-0.2, 0) is 7.05 Å². The minimum Gasteiger partial charge on any atom is -0.377 e. The van der Waals surface area contributed by atoms with Gasteiger partial charge < -0.3 is 4.90 Å². The van der Waals surface area contributed by atoms with Gasteiger partial charge in [-0.3, -0.25) is 0 Å². The highest BCUT2D eigenvalue weighted by molar-refractivity contribution is 5.71. The van der Waals surface area contributed by atoms with E-state index in [0.717, 1.165) is 0 Å². The Bertz CT molecular complexity index is 711. The molecule has 0 atom stereocenters. The number of hydrogen-bond donors (Lipinski definition) is 0. The lowest BCUT2D eigenvalue weighted by atomic mass is 10.0. The molecule has 0 saturated carbocycles. The third-order valence-electron chi connectivity index (χ3n) is 3.50. The Balaban J connectivity index is 0.000000550. The van der Waals surface area contributed by atoms with E-state index in [1.807, 2.05) is 6.07 Å². The molecule has 0 spiro atoms. The molecule has 1 aromatic carbocycles. The van der Waals surface area contributed by atoms with Gasteiger partial charge in [0.1, 0.15) is 7.05 Å². The van der Waals surface area contributed by atoms with Crippen LogP contribution in [0, 0.1) is 24.1 Å². The van der Waals surface area contributed by atoms with E-state index in [1.54, 1.807) is 0 Å². The van der Waals surface area contributed by atoms with Crippen molar-refractivity contribution >= 4 is 17.8 Å². The minimum absolute atomic E-state index is 1.19. The van der Waals surface area contributed by atoms with Gasteiger partial charge in [0, 0.05) is 38.0 Å². The third kappa shape index (κ3) is 7.64. The summed E-state index contributed by atoms with van der Waals surface area (Å²) in [5, 5.41) is 0. The first-order valence-electron chi connectivity index (χ1n) is 7.52. The van der Waals surface area contributed by atoms with Gasteiger partial charge in [-0.25, -0.2) is 23.2 Å². The van der Waals surface area contributed by atoms with E-state index >= 15 is 0 Å². The lowest BCUT2D eigenvalue weighted by molar-refractivity contribution is -2.00. The fraction of sp³-hybridized carbons (Fsp3) is 0.278. The fourth-order valence-corrected chi connectivity index (χ4v) is 2.68. The molecule has 136 valence electrons. The first-order chi connectivity index (χ1) is 11.5. The van der Waals surface area contributed by atoms with Gasteiger partial charge in [-0.05, 0) is 54.8 Å². The van der Waals surface area contributed by atoms with Gasteiger partial charge in [-0.1, -0.05) is 0 Å². The van der Waals surface area contributed by atoms with Crippen molar-refractivity contribution in [1.82, 2.24) is 0 Å². The summed E-state index contributed by atoms with van der Waals surface area (Å²) < 4.78 is 36.1. The second-order valence-electron chi connectivity index (χ2n) is 5.85. The summed E-state index contributed by atoms with van der Waals surface area (Å²) in [5.74, 6) is 0. The molecule has 0 aliphatic carbocycles. The Kier molecular flexibility index (Phi) is 7.54. The molecule has 0 amide bonds. The molecule has 2 aromatic rings. The number of pyridine rings is 1. The fourth-order valence-electron chi connectivity index (χ4n) is 2.68. The van der Waals surface area contributed by atoms with E-state index in [4.69, 9.17) is 18.6 Å². The molecular weight excluding hydrogens is 344 g/mol. The Morgan fingerprint density at radius 3 is 1.92 bits per heavy atom. The Labute approximate surface area is 150 Å². The van der Waals surface area contributed by atoms with E-state index < -0.39 is 10.2 Å². The maximum absolute atomic E-state index is 8.49. The Morgan fingerprint density at radius 2 is 1.48 bits per heavy atom. The zero-order valence-electron chi connectivity index (χ0n) is 15.0. The van der Waals surface area contributed by atoms with Gasteiger partial charge in [0.2, 0.25) is 5.69 Å². The van der Waals surface area contributed by atoms with E-state index in [9.17, 15) is 0 Å². The zero-order valence-corrected chi connectivity index (χ0v) is 15.8. The third-order valence-corrected chi connectivity index (χ3v) is 3.50. The molecule has 0 aliphatic heterocycles. The second kappa shape index (κ2) is 8.94. The molecule has 0 saturated heterocycles. The maximum atomic E-state index is 8.49. The highest BCUT2D eigenvalue weighted by atomic mass is 35.7. The van der Waals surface area contributed by atoms with Crippen LogP contribution in [0.25, 0.3) is 12.2 Å². The average Bonchev–Trinajstić information content (AvgIpc) is 2.43. The van der Waals surface area contributed by atoms with Gasteiger partial charge in [-0.2, -0.15) is 0 Å². The zero-order chi connectivity index (χ0) is 19.2. The monoisotopic (exact) mass is 366 g/mol. The lowest BCUT2D eigenvalue weighted by Crippen LogP contribution is -2.68. The summed E-state index contributed by atoms with van der Waals surface area (Å²) in [6.45, 7) is 4.34. The van der Waals surface area contributed by atoms with E-state index in [-0.39, 0.29) is 0 Å². The minimum atomic E-state index is -4.94. The van der Waals surface area contributed by atoms with Crippen molar-refractivity contribution in [2.45, 2.75) is 13.8 Å². The number of aromatic nitrogens is 1.